The van der Waals surface area contributed by atoms with Crippen molar-refractivity contribution in [2.75, 3.05) is 0 Å². The van der Waals surface area contributed by atoms with Crippen molar-refractivity contribution in [3.8, 4) is 0 Å². The van der Waals surface area contributed by atoms with E-state index < -0.39 is 6.23 Å². The van der Waals surface area contributed by atoms with Crippen LogP contribution in [0.25, 0.3) is 0 Å². The van der Waals surface area contributed by atoms with Crippen LogP contribution < -0.4 is 0 Å². The smallest absolute Gasteiger partial charge is 0.150 e. The highest BCUT2D eigenvalue weighted by Crippen LogP contribution is 2.20. The molecule has 0 saturated heterocycles. The van der Waals surface area contributed by atoms with Crippen LogP contribution >= 0.6 is 0 Å². The molecule has 1 atom stereocenters. The van der Waals surface area contributed by atoms with Gasteiger partial charge in [-0.15, -0.1) is 0 Å². The molecule has 1 aromatic heterocycles. The van der Waals surface area contributed by atoms with Crippen molar-refractivity contribution < 1.29 is 5.11 Å². The van der Waals surface area contributed by atoms with E-state index in [1.807, 2.05) is 6.92 Å². The molecule has 0 fully saturated rings. The minimum Gasteiger partial charge on any atom is -0.372 e. The standard InChI is InChI=1S/C8H13N3O/c1-2-6-9-7-4-3-5-8(12)11(7)10-6/h8,12H,2-5H2,1H3. The van der Waals surface area contributed by atoms with Crippen LogP contribution in [0.3, 0.4) is 0 Å². The second-order valence-electron chi connectivity index (χ2n) is 3.12. The summed E-state index contributed by atoms with van der Waals surface area (Å²) >= 11 is 0. The van der Waals surface area contributed by atoms with E-state index in [0.717, 1.165) is 37.3 Å². The molecule has 0 aliphatic carbocycles. The average molecular weight is 167 g/mol. The lowest BCUT2D eigenvalue weighted by molar-refractivity contribution is 0.0644. The summed E-state index contributed by atoms with van der Waals surface area (Å²) in [6.45, 7) is 2.02. The Morgan fingerprint density at radius 3 is 3.17 bits per heavy atom. The summed E-state index contributed by atoms with van der Waals surface area (Å²) in [6, 6.07) is 0. The molecule has 1 aliphatic rings. The van der Waals surface area contributed by atoms with Crippen molar-refractivity contribution in [1.82, 2.24) is 14.8 Å². The van der Waals surface area contributed by atoms with Crippen LogP contribution in [0.2, 0.25) is 0 Å². The fourth-order valence-electron chi connectivity index (χ4n) is 1.53. The number of rotatable bonds is 1. The number of aromatic nitrogens is 3. The molecular weight excluding hydrogens is 154 g/mol. The first kappa shape index (κ1) is 7.73. The van der Waals surface area contributed by atoms with E-state index in [1.165, 1.54) is 0 Å². The van der Waals surface area contributed by atoms with E-state index in [2.05, 4.69) is 10.1 Å². The lowest BCUT2D eigenvalue weighted by atomic mass is 10.1. The summed E-state index contributed by atoms with van der Waals surface area (Å²) in [7, 11) is 0. The number of aliphatic hydroxyl groups excluding tert-OH is 1. The highest BCUT2D eigenvalue weighted by Gasteiger charge is 2.19. The first-order chi connectivity index (χ1) is 5.81. The van der Waals surface area contributed by atoms with Crippen LogP contribution in [0.1, 0.15) is 37.6 Å². The Morgan fingerprint density at radius 1 is 1.67 bits per heavy atom. The third-order valence-electron chi connectivity index (χ3n) is 2.21. The van der Waals surface area contributed by atoms with Crippen LogP contribution in [0.5, 0.6) is 0 Å². The molecule has 2 rings (SSSR count). The fraction of sp³-hybridized carbons (Fsp3) is 0.750. The minimum atomic E-state index is -0.443. The molecular formula is C8H13N3O. The van der Waals surface area contributed by atoms with Gasteiger partial charge >= 0.3 is 0 Å². The minimum absolute atomic E-state index is 0.443. The van der Waals surface area contributed by atoms with E-state index in [0.29, 0.717) is 0 Å². The monoisotopic (exact) mass is 167 g/mol. The van der Waals surface area contributed by atoms with Crippen LogP contribution in [0, 0.1) is 0 Å². The molecule has 1 aliphatic heterocycles. The van der Waals surface area contributed by atoms with Gasteiger partial charge in [0.05, 0.1) is 0 Å². The highest BCUT2D eigenvalue weighted by molar-refractivity contribution is 4.96. The molecule has 4 heteroatoms. The molecule has 0 amide bonds. The predicted octanol–water partition coefficient (Wildman–Crippen LogP) is 0.668. The second-order valence-corrected chi connectivity index (χ2v) is 3.12. The SMILES string of the molecule is CCc1nc2n(n1)C(O)CCC2. The lowest BCUT2D eigenvalue weighted by Crippen LogP contribution is -2.18. The Kier molecular flexibility index (Phi) is 1.84. The highest BCUT2D eigenvalue weighted by atomic mass is 16.3. The van der Waals surface area contributed by atoms with Gasteiger partial charge in [0, 0.05) is 12.8 Å². The van der Waals surface area contributed by atoms with E-state index in [4.69, 9.17) is 0 Å². The fourth-order valence-corrected chi connectivity index (χ4v) is 1.53. The molecule has 2 heterocycles. The first-order valence-corrected chi connectivity index (χ1v) is 4.43. The predicted molar refractivity (Wildman–Crippen MR) is 43.6 cm³/mol. The molecule has 0 saturated carbocycles. The quantitative estimate of drug-likeness (QED) is 0.668. The largest absolute Gasteiger partial charge is 0.372 e. The molecule has 1 N–H and O–H groups in total. The second kappa shape index (κ2) is 2.86. The van der Waals surface area contributed by atoms with Gasteiger partial charge in [0.2, 0.25) is 0 Å². The van der Waals surface area contributed by atoms with Gasteiger partial charge in [-0.05, 0) is 12.8 Å². The van der Waals surface area contributed by atoms with Crippen molar-refractivity contribution in [2.45, 2.75) is 38.8 Å². The number of hydrogen-bond acceptors (Lipinski definition) is 3. The van der Waals surface area contributed by atoms with Gasteiger partial charge in [0.1, 0.15) is 12.1 Å². The van der Waals surface area contributed by atoms with Crippen molar-refractivity contribution >= 4 is 0 Å². The van der Waals surface area contributed by atoms with Crippen molar-refractivity contribution in [3.05, 3.63) is 11.6 Å². The molecule has 0 aromatic carbocycles. The van der Waals surface area contributed by atoms with Crippen LogP contribution in [-0.4, -0.2) is 19.9 Å². The van der Waals surface area contributed by atoms with E-state index in [1.54, 1.807) is 4.68 Å². The van der Waals surface area contributed by atoms with Crippen LogP contribution in [0.15, 0.2) is 0 Å². The molecule has 1 aromatic rings. The van der Waals surface area contributed by atoms with E-state index in [-0.39, 0.29) is 0 Å². The van der Waals surface area contributed by atoms with Gasteiger partial charge in [-0.25, -0.2) is 9.67 Å². The maximum Gasteiger partial charge on any atom is 0.150 e. The maximum atomic E-state index is 9.53. The maximum absolute atomic E-state index is 9.53. The third kappa shape index (κ3) is 1.12. The zero-order valence-corrected chi connectivity index (χ0v) is 7.19. The summed E-state index contributed by atoms with van der Waals surface area (Å²) in [4.78, 5) is 4.31. The van der Waals surface area contributed by atoms with Crippen LogP contribution in [-0.2, 0) is 12.8 Å². The Hall–Kier alpha value is -0.900. The Morgan fingerprint density at radius 2 is 2.50 bits per heavy atom. The Balaban J connectivity index is 2.37. The van der Waals surface area contributed by atoms with Crippen molar-refractivity contribution in [2.24, 2.45) is 0 Å². The molecule has 66 valence electrons. The number of hydrogen-bond donors (Lipinski definition) is 1. The Bertz CT molecular complexity index is 282. The molecule has 0 bridgehead atoms. The van der Waals surface area contributed by atoms with Gasteiger partial charge in [-0.3, -0.25) is 0 Å². The van der Waals surface area contributed by atoms with Gasteiger partial charge in [0.15, 0.2) is 5.82 Å². The van der Waals surface area contributed by atoms with Crippen molar-refractivity contribution in [1.29, 1.82) is 0 Å². The average Bonchev–Trinajstić information content (AvgIpc) is 2.49. The molecule has 1 unspecified atom stereocenters. The Labute approximate surface area is 71.2 Å². The molecule has 0 radical (unpaired) electrons. The van der Waals surface area contributed by atoms with Crippen molar-refractivity contribution in [3.63, 3.8) is 0 Å². The molecule has 12 heavy (non-hydrogen) atoms. The summed E-state index contributed by atoms with van der Waals surface area (Å²) in [5.74, 6) is 1.77. The van der Waals surface area contributed by atoms with Gasteiger partial charge in [-0.2, -0.15) is 5.10 Å². The first-order valence-electron chi connectivity index (χ1n) is 4.43. The molecule has 0 spiro atoms. The number of aliphatic hydroxyl groups is 1. The van der Waals surface area contributed by atoms with Crippen LogP contribution in [0.4, 0.5) is 0 Å². The van der Waals surface area contributed by atoms with Gasteiger partial charge < -0.3 is 5.11 Å². The van der Waals surface area contributed by atoms with Gasteiger partial charge in [-0.1, -0.05) is 6.92 Å². The third-order valence-corrected chi connectivity index (χ3v) is 2.21. The normalized spacial score (nSPS) is 22.3. The number of nitrogens with zero attached hydrogens (tertiary/aromatic N) is 3. The van der Waals surface area contributed by atoms with Gasteiger partial charge in [0.25, 0.3) is 0 Å². The topological polar surface area (TPSA) is 50.9 Å². The zero-order chi connectivity index (χ0) is 8.55. The molecule has 4 nitrogen and oxygen atoms in total. The summed E-state index contributed by atoms with van der Waals surface area (Å²) in [5, 5.41) is 13.7. The van der Waals surface area contributed by atoms with E-state index >= 15 is 0 Å². The number of fused-ring (bicyclic) bond motifs is 1. The summed E-state index contributed by atoms with van der Waals surface area (Å²) < 4.78 is 1.66. The lowest BCUT2D eigenvalue weighted by Gasteiger charge is -2.17. The number of aryl methyl sites for hydroxylation is 2. The summed E-state index contributed by atoms with van der Waals surface area (Å²) in [5.41, 5.74) is 0. The zero-order valence-electron chi connectivity index (χ0n) is 7.19. The van der Waals surface area contributed by atoms with E-state index in [9.17, 15) is 5.11 Å². The summed E-state index contributed by atoms with van der Waals surface area (Å²) in [6.07, 6.45) is 3.17.